The number of hydrogen-bond acceptors (Lipinski definition) is 2. The fourth-order valence-electron chi connectivity index (χ4n) is 0.531. The maximum Gasteiger partial charge on any atom is 0.114 e. The van der Waals surface area contributed by atoms with Crippen LogP contribution in [-0.2, 0) is 0 Å². The standard InChI is InChI=1S/C6H7NO.P/c7-5-3-1-2-4-6(5)8;/h1-4,6-8H;. The highest BCUT2D eigenvalue weighted by Crippen LogP contribution is 1.97. The van der Waals surface area contributed by atoms with Gasteiger partial charge in [0.1, 0.15) is 6.10 Å². The van der Waals surface area contributed by atoms with Gasteiger partial charge in [0.25, 0.3) is 0 Å². The van der Waals surface area contributed by atoms with Crippen LogP contribution >= 0.6 is 9.90 Å². The lowest BCUT2D eigenvalue weighted by Gasteiger charge is -2.04. The minimum Gasteiger partial charge on any atom is -0.383 e. The van der Waals surface area contributed by atoms with E-state index >= 15 is 0 Å². The van der Waals surface area contributed by atoms with Crippen LogP contribution < -0.4 is 0 Å². The molecule has 1 unspecified atom stereocenters. The Balaban J connectivity index is 0.000000640. The van der Waals surface area contributed by atoms with E-state index in [1.54, 1.807) is 24.3 Å². The second-order valence-electron chi connectivity index (χ2n) is 1.64. The van der Waals surface area contributed by atoms with Gasteiger partial charge in [-0.1, -0.05) is 18.2 Å². The Morgan fingerprint density at radius 3 is 2.44 bits per heavy atom. The Hall–Kier alpha value is -0.460. The smallest absolute Gasteiger partial charge is 0.114 e. The largest absolute Gasteiger partial charge is 0.383 e. The van der Waals surface area contributed by atoms with Gasteiger partial charge in [-0.25, -0.2) is 0 Å². The van der Waals surface area contributed by atoms with Crippen LogP contribution in [0.1, 0.15) is 0 Å². The molecule has 3 heteroatoms. The summed E-state index contributed by atoms with van der Waals surface area (Å²) in [6, 6.07) is 0. The van der Waals surface area contributed by atoms with Crippen molar-refractivity contribution >= 4 is 15.6 Å². The Morgan fingerprint density at radius 1 is 1.44 bits per heavy atom. The van der Waals surface area contributed by atoms with E-state index in [0.29, 0.717) is 0 Å². The first-order chi connectivity index (χ1) is 3.80. The highest BCUT2D eigenvalue weighted by atomic mass is 31.0. The SMILES string of the molecule is N=C1C=CC=CC1O.[P]. The first-order valence-electron chi connectivity index (χ1n) is 2.42. The predicted molar refractivity (Wildman–Crippen MR) is 38.9 cm³/mol. The second-order valence-corrected chi connectivity index (χ2v) is 1.64. The molecule has 1 atom stereocenters. The van der Waals surface area contributed by atoms with Gasteiger partial charge >= 0.3 is 0 Å². The molecule has 2 N–H and O–H groups in total. The number of hydrogen-bond donors (Lipinski definition) is 2. The van der Waals surface area contributed by atoms with E-state index in [9.17, 15) is 0 Å². The average molecular weight is 140 g/mol. The molecule has 0 saturated carbocycles. The summed E-state index contributed by atoms with van der Waals surface area (Å²) in [6.45, 7) is 0. The third kappa shape index (κ3) is 2.08. The van der Waals surface area contributed by atoms with Crippen molar-refractivity contribution in [3.8, 4) is 0 Å². The molecule has 0 aliphatic heterocycles. The van der Waals surface area contributed by atoms with Crippen molar-refractivity contribution in [3.05, 3.63) is 24.3 Å². The summed E-state index contributed by atoms with van der Waals surface area (Å²) < 4.78 is 0. The van der Waals surface area contributed by atoms with E-state index < -0.39 is 6.10 Å². The van der Waals surface area contributed by atoms with Crippen molar-refractivity contribution in [3.63, 3.8) is 0 Å². The number of rotatable bonds is 0. The molecule has 0 amide bonds. The van der Waals surface area contributed by atoms with Crippen molar-refractivity contribution in [1.29, 1.82) is 5.41 Å². The Morgan fingerprint density at radius 2 is 2.11 bits per heavy atom. The van der Waals surface area contributed by atoms with E-state index in [2.05, 4.69) is 0 Å². The van der Waals surface area contributed by atoms with Gasteiger partial charge in [0.15, 0.2) is 0 Å². The van der Waals surface area contributed by atoms with Gasteiger partial charge in [-0.05, 0) is 6.08 Å². The molecule has 0 bridgehead atoms. The normalized spacial score (nSPS) is 23.7. The van der Waals surface area contributed by atoms with Crippen LogP contribution in [0, 0.1) is 5.41 Å². The van der Waals surface area contributed by atoms with Gasteiger partial charge in [-0.2, -0.15) is 0 Å². The first kappa shape index (κ1) is 8.54. The van der Waals surface area contributed by atoms with E-state index in [-0.39, 0.29) is 15.6 Å². The van der Waals surface area contributed by atoms with Crippen molar-refractivity contribution in [1.82, 2.24) is 0 Å². The zero-order valence-corrected chi connectivity index (χ0v) is 5.68. The minimum absolute atomic E-state index is 0. The molecule has 0 heterocycles. The number of allylic oxidation sites excluding steroid dienone is 2. The Kier molecular flexibility index (Phi) is 3.36. The van der Waals surface area contributed by atoms with Crippen LogP contribution in [0.2, 0.25) is 0 Å². The van der Waals surface area contributed by atoms with Gasteiger partial charge in [0.05, 0.1) is 5.71 Å². The summed E-state index contributed by atoms with van der Waals surface area (Å²) in [7, 11) is 0. The zero-order chi connectivity index (χ0) is 5.98. The zero-order valence-electron chi connectivity index (χ0n) is 4.78. The molecule has 1 rings (SSSR count). The van der Waals surface area contributed by atoms with Crippen LogP contribution in [0.4, 0.5) is 0 Å². The summed E-state index contributed by atoms with van der Waals surface area (Å²) in [5.41, 5.74) is 0.257. The van der Waals surface area contributed by atoms with Gasteiger partial charge in [0, 0.05) is 9.90 Å². The van der Waals surface area contributed by atoms with Crippen LogP contribution in [-0.4, -0.2) is 16.9 Å². The topological polar surface area (TPSA) is 44.1 Å². The average Bonchev–Trinajstić information content (AvgIpc) is 1.77. The summed E-state index contributed by atoms with van der Waals surface area (Å²) in [4.78, 5) is 0. The van der Waals surface area contributed by atoms with E-state index in [1.165, 1.54) is 0 Å². The lowest BCUT2D eigenvalue weighted by atomic mass is 10.1. The molecule has 0 fully saturated rings. The molecule has 3 radical (unpaired) electrons. The monoisotopic (exact) mass is 140 g/mol. The van der Waals surface area contributed by atoms with Crippen LogP contribution in [0.15, 0.2) is 24.3 Å². The van der Waals surface area contributed by atoms with Gasteiger partial charge in [-0.3, -0.25) is 0 Å². The lowest BCUT2D eigenvalue weighted by molar-refractivity contribution is 0.288. The molecular weight excluding hydrogens is 133 g/mol. The number of aliphatic hydroxyl groups excluding tert-OH is 1. The highest BCUT2D eigenvalue weighted by molar-refractivity contribution is 6.92. The van der Waals surface area contributed by atoms with Gasteiger partial charge in [-0.15, -0.1) is 0 Å². The molecule has 0 aromatic rings. The molecule has 0 aromatic carbocycles. The predicted octanol–water partition coefficient (Wildman–Crippen LogP) is 1.35. The van der Waals surface area contributed by atoms with E-state index in [4.69, 9.17) is 10.5 Å². The van der Waals surface area contributed by atoms with Crippen molar-refractivity contribution in [2.45, 2.75) is 6.10 Å². The Bertz CT molecular complexity index is 162. The number of aliphatic hydroxyl groups is 1. The molecule has 0 spiro atoms. The lowest BCUT2D eigenvalue weighted by Crippen LogP contribution is -2.15. The van der Waals surface area contributed by atoms with Crippen LogP contribution in [0.5, 0.6) is 0 Å². The molecule has 2 nitrogen and oxygen atoms in total. The van der Waals surface area contributed by atoms with Crippen molar-refractivity contribution < 1.29 is 5.11 Å². The summed E-state index contributed by atoms with van der Waals surface area (Å²) in [5, 5.41) is 15.8. The number of nitrogens with one attached hydrogen (secondary N) is 1. The quantitative estimate of drug-likeness (QED) is 0.490. The summed E-state index contributed by atoms with van der Waals surface area (Å²) in [5.74, 6) is 0. The molecule has 0 aromatic heterocycles. The van der Waals surface area contributed by atoms with E-state index in [0.717, 1.165) is 0 Å². The fraction of sp³-hybridized carbons (Fsp3) is 0.167. The fourth-order valence-corrected chi connectivity index (χ4v) is 0.531. The second kappa shape index (κ2) is 3.54. The van der Waals surface area contributed by atoms with Gasteiger partial charge in [0.2, 0.25) is 0 Å². The van der Waals surface area contributed by atoms with Gasteiger partial charge < -0.3 is 10.5 Å². The molecule has 9 heavy (non-hydrogen) atoms. The summed E-state index contributed by atoms with van der Waals surface area (Å²) >= 11 is 0. The third-order valence-electron chi connectivity index (χ3n) is 0.999. The van der Waals surface area contributed by atoms with E-state index in [1.807, 2.05) is 0 Å². The molecule has 47 valence electrons. The Labute approximate surface area is 57.4 Å². The molecular formula is C6H7NOP. The van der Waals surface area contributed by atoms with Crippen LogP contribution in [0.3, 0.4) is 0 Å². The maximum atomic E-state index is 8.82. The first-order valence-corrected chi connectivity index (χ1v) is 2.42. The molecule has 1 aliphatic carbocycles. The highest BCUT2D eigenvalue weighted by Gasteiger charge is 2.03. The van der Waals surface area contributed by atoms with Crippen molar-refractivity contribution in [2.75, 3.05) is 0 Å². The van der Waals surface area contributed by atoms with Crippen LogP contribution in [0.25, 0.3) is 0 Å². The van der Waals surface area contributed by atoms with Crippen molar-refractivity contribution in [2.24, 2.45) is 0 Å². The maximum absolute atomic E-state index is 8.82. The minimum atomic E-state index is -0.681. The molecule has 1 aliphatic rings. The third-order valence-corrected chi connectivity index (χ3v) is 0.999. The molecule has 0 saturated heterocycles. The summed E-state index contributed by atoms with van der Waals surface area (Å²) in [6.07, 6.45) is 5.92.